The highest BCUT2D eigenvalue weighted by Crippen LogP contribution is 2.17. The van der Waals surface area contributed by atoms with E-state index in [2.05, 4.69) is 19.9 Å². The quantitative estimate of drug-likeness (QED) is 0.644. The van der Waals surface area contributed by atoms with Crippen molar-refractivity contribution in [3.63, 3.8) is 0 Å². The monoisotopic (exact) mass is 212 g/mol. The minimum absolute atomic E-state index is 0.390. The van der Waals surface area contributed by atoms with Gasteiger partial charge in [-0.05, 0) is 0 Å². The molecule has 0 aliphatic heterocycles. The summed E-state index contributed by atoms with van der Waals surface area (Å²) in [6, 6.07) is 0. The molecule has 0 amide bonds. The first kappa shape index (κ1) is 8.78. The van der Waals surface area contributed by atoms with Crippen molar-refractivity contribution in [1.29, 1.82) is 0 Å². The predicted molar refractivity (Wildman–Crippen MR) is 58.4 cm³/mol. The molecule has 0 spiro atoms. The Hall–Kier alpha value is -2.50. The number of aromatic nitrogens is 5. The van der Waals surface area contributed by atoms with Gasteiger partial charge in [-0.25, -0.2) is 9.97 Å². The first-order chi connectivity index (χ1) is 7.84. The smallest absolute Gasteiger partial charge is 0.155 e. The van der Waals surface area contributed by atoms with Gasteiger partial charge in [0.15, 0.2) is 5.65 Å². The fourth-order valence-electron chi connectivity index (χ4n) is 1.54. The predicted octanol–water partition coefficient (Wildman–Crippen LogP) is 0.768. The summed E-state index contributed by atoms with van der Waals surface area (Å²) in [6.07, 6.45) is 10.1. The number of hydrogen-bond acceptors (Lipinski definition) is 5. The van der Waals surface area contributed by atoms with E-state index in [4.69, 9.17) is 5.73 Å². The number of anilines is 1. The molecule has 0 unspecified atom stereocenters. The molecule has 0 fully saturated rings. The summed E-state index contributed by atoms with van der Waals surface area (Å²) in [7, 11) is 0. The summed E-state index contributed by atoms with van der Waals surface area (Å²) in [5.74, 6) is 0.390. The van der Waals surface area contributed by atoms with E-state index in [9.17, 15) is 0 Å². The fraction of sp³-hybridized carbons (Fsp3) is 0. The lowest BCUT2D eigenvalue weighted by atomic mass is 10.3. The van der Waals surface area contributed by atoms with Gasteiger partial charge in [0.1, 0.15) is 11.5 Å². The van der Waals surface area contributed by atoms with E-state index in [0.29, 0.717) is 11.5 Å². The van der Waals surface area contributed by atoms with Crippen molar-refractivity contribution in [1.82, 2.24) is 24.3 Å². The molecule has 2 N–H and O–H groups in total. The first-order valence-corrected chi connectivity index (χ1v) is 4.69. The SMILES string of the molecule is Nc1cncc(-c2cnc3cnccn23)n1. The maximum atomic E-state index is 5.59. The molecule has 0 saturated carbocycles. The zero-order valence-electron chi connectivity index (χ0n) is 8.28. The van der Waals surface area contributed by atoms with Crippen LogP contribution in [0.25, 0.3) is 17.0 Å². The van der Waals surface area contributed by atoms with E-state index in [1.165, 1.54) is 6.20 Å². The van der Waals surface area contributed by atoms with Gasteiger partial charge in [-0.2, -0.15) is 0 Å². The molecule has 6 heteroatoms. The van der Waals surface area contributed by atoms with Gasteiger partial charge >= 0.3 is 0 Å². The summed E-state index contributed by atoms with van der Waals surface area (Å²) < 4.78 is 1.89. The van der Waals surface area contributed by atoms with Crippen LogP contribution in [0.3, 0.4) is 0 Å². The van der Waals surface area contributed by atoms with Crippen LogP contribution in [0.4, 0.5) is 5.82 Å². The van der Waals surface area contributed by atoms with Gasteiger partial charge in [0, 0.05) is 12.4 Å². The van der Waals surface area contributed by atoms with Crippen molar-refractivity contribution in [3.05, 3.63) is 37.2 Å². The Morgan fingerprint density at radius 1 is 1.06 bits per heavy atom. The number of nitrogen functional groups attached to an aromatic ring is 1. The van der Waals surface area contributed by atoms with Crippen LogP contribution >= 0.6 is 0 Å². The Kier molecular flexibility index (Phi) is 1.79. The Morgan fingerprint density at radius 3 is 2.88 bits per heavy atom. The number of fused-ring (bicyclic) bond motifs is 1. The molecule has 0 aromatic carbocycles. The minimum Gasteiger partial charge on any atom is -0.382 e. The molecule has 0 radical (unpaired) electrons. The molecule has 0 aliphatic rings. The van der Waals surface area contributed by atoms with Crippen molar-refractivity contribution < 1.29 is 0 Å². The molecule has 6 nitrogen and oxygen atoms in total. The van der Waals surface area contributed by atoms with E-state index >= 15 is 0 Å². The van der Waals surface area contributed by atoms with Gasteiger partial charge in [-0.3, -0.25) is 14.4 Å². The highest BCUT2D eigenvalue weighted by atomic mass is 15.0. The molecule has 3 rings (SSSR count). The molecular weight excluding hydrogens is 204 g/mol. The number of rotatable bonds is 1. The van der Waals surface area contributed by atoms with Gasteiger partial charge in [0.05, 0.1) is 30.5 Å². The lowest BCUT2D eigenvalue weighted by Crippen LogP contribution is -1.95. The maximum Gasteiger partial charge on any atom is 0.155 e. The summed E-state index contributed by atoms with van der Waals surface area (Å²) >= 11 is 0. The Morgan fingerprint density at radius 2 is 2.00 bits per heavy atom. The van der Waals surface area contributed by atoms with Crippen LogP contribution < -0.4 is 5.73 Å². The minimum atomic E-state index is 0.390. The van der Waals surface area contributed by atoms with Crippen LogP contribution in [0.5, 0.6) is 0 Å². The Bertz CT molecular complexity index is 644. The first-order valence-electron chi connectivity index (χ1n) is 4.69. The topological polar surface area (TPSA) is 82.0 Å². The molecule has 3 aromatic heterocycles. The van der Waals surface area contributed by atoms with Crippen LogP contribution in [-0.2, 0) is 0 Å². The Labute approximate surface area is 90.8 Å². The third-order valence-electron chi connectivity index (χ3n) is 2.23. The van der Waals surface area contributed by atoms with Gasteiger partial charge in [-0.1, -0.05) is 0 Å². The zero-order chi connectivity index (χ0) is 11.0. The number of imidazole rings is 1. The average Bonchev–Trinajstić information content (AvgIpc) is 2.72. The zero-order valence-corrected chi connectivity index (χ0v) is 8.28. The van der Waals surface area contributed by atoms with Crippen LogP contribution in [0.15, 0.2) is 37.2 Å². The van der Waals surface area contributed by atoms with Crippen LogP contribution in [0.2, 0.25) is 0 Å². The van der Waals surface area contributed by atoms with Gasteiger partial charge in [0.25, 0.3) is 0 Å². The van der Waals surface area contributed by atoms with E-state index in [1.54, 1.807) is 24.8 Å². The second-order valence-electron chi connectivity index (χ2n) is 3.28. The maximum absolute atomic E-state index is 5.59. The van der Waals surface area contributed by atoms with Gasteiger partial charge in [0.2, 0.25) is 0 Å². The molecule has 0 saturated heterocycles. The largest absolute Gasteiger partial charge is 0.382 e. The van der Waals surface area contributed by atoms with Gasteiger partial charge in [-0.15, -0.1) is 0 Å². The van der Waals surface area contributed by atoms with E-state index in [1.807, 2.05) is 10.6 Å². The van der Waals surface area contributed by atoms with Gasteiger partial charge < -0.3 is 5.73 Å². The standard InChI is InChI=1S/C10H8N6/c11-9-5-13-3-7(15-9)8-4-14-10-6-12-1-2-16(8)10/h1-6H,(H2,11,15). The van der Waals surface area contributed by atoms with E-state index in [-0.39, 0.29) is 0 Å². The lowest BCUT2D eigenvalue weighted by molar-refractivity contribution is 1.11. The molecule has 0 bridgehead atoms. The second-order valence-corrected chi connectivity index (χ2v) is 3.28. The van der Waals surface area contributed by atoms with Crippen molar-refractivity contribution in [2.45, 2.75) is 0 Å². The molecule has 78 valence electrons. The van der Waals surface area contributed by atoms with Crippen molar-refractivity contribution in [2.75, 3.05) is 5.73 Å². The summed E-state index contributed by atoms with van der Waals surface area (Å²) in [4.78, 5) is 16.4. The van der Waals surface area contributed by atoms with Crippen LogP contribution in [0.1, 0.15) is 0 Å². The van der Waals surface area contributed by atoms with Crippen LogP contribution in [-0.4, -0.2) is 24.3 Å². The molecule has 0 atom stereocenters. The summed E-state index contributed by atoms with van der Waals surface area (Å²) in [5.41, 5.74) is 7.90. The average molecular weight is 212 g/mol. The van der Waals surface area contributed by atoms with Crippen molar-refractivity contribution in [3.8, 4) is 11.4 Å². The highest BCUT2D eigenvalue weighted by molar-refractivity contribution is 5.59. The fourth-order valence-corrected chi connectivity index (χ4v) is 1.54. The molecule has 3 aromatic rings. The highest BCUT2D eigenvalue weighted by Gasteiger charge is 2.07. The molecular formula is C10H8N6. The van der Waals surface area contributed by atoms with Crippen LogP contribution in [0, 0.1) is 0 Å². The summed E-state index contributed by atoms with van der Waals surface area (Å²) in [6.45, 7) is 0. The normalized spacial score (nSPS) is 10.8. The van der Waals surface area contributed by atoms with E-state index in [0.717, 1.165) is 11.3 Å². The van der Waals surface area contributed by atoms with E-state index < -0.39 is 0 Å². The summed E-state index contributed by atoms with van der Waals surface area (Å²) in [5, 5.41) is 0. The van der Waals surface area contributed by atoms with Crippen molar-refractivity contribution >= 4 is 11.5 Å². The third-order valence-corrected chi connectivity index (χ3v) is 2.23. The number of hydrogen-bond donors (Lipinski definition) is 1. The number of nitrogens with zero attached hydrogens (tertiary/aromatic N) is 5. The van der Waals surface area contributed by atoms with Crippen molar-refractivity contribution in [2.24, 2.45) is 0 Å². The number of nitrogens with two attached hydrogens (primary N) is 1. The molecule has 0 aliphatic carbocycles. The third kappa shape index (κ3) is 1.28. The lowest BCUT2D eigenvalue weighted by Gasteiger charge is -2.00. The Balaban J connectivity index is 2.26. The second kappa shape index (κ2) is 3.27. The molecule has 16 heavy (non-hydrogen) atoms. The molecule has 3 heterocycles.